The fourth-order valence-electron chi connectivity index (χ4n) is 2.79. The van der Waals surface area contributed by atoms with Gasteiger partial charge in [-0.15, -0.1) is 0 Å². The van der Waals surface area contributed by atoms with Crippen LogP contribution in [0.15, 0.2) is 24.3 Å². The fraction of sp³-hybridized carbons (Fsp3) is 0.533. The summed E-state index contributed by atoms with van der Waals surface area (Å²) in [5.41, 5.74) is 2.05. The van der Waals surface area contributed by atoms with Gasteiger partial charge >= 0.3 is 0 Å². The molecule has 2 fully saturated rings. The maximum Gasteiger partial charge on any atom is 0.212 e. The van der Waals surface area contributed by atoms with E-state index in [1.807, 2.05) is 18.2 Å². The zero-order valence-electron chi connectivity index (χ0n) is 11.8. The van der Waals surface area contributed by atoms with Gasteiger partial charge in [0.1, 0.15) is 5.82 Å². The zero-order chi connectivity index (χ0) is 14.4. The van der Waals surface area contributed by atoms with Gasteiger partial charge in [-0.25, -0.2) is 18.1 Å². The number of hydrogen-bond acceptors (Lipinski definition) is 3. The SMILES string of the molecule is O=S(=O)(CC1CC1)NCc1nc2ccccc2n1C1CC1. The normalized spacial score (nSPS) is 19.2. The van der Waals surface area contributed by atoms with Crippen LogP contribution in [-0.2, 0) is 16.6 Å². The van der Waals surface area contributed by atoms with Crippen LogP contribution in [0, 0.1) is 5.92 Å². The van der Waals surface area contributed by atoms with Crippen LogP contribution in [0.2, 0.25) is 0 Å². The second-order valence-electron chi connectivity index (χ2n) is 6.16. The number of fused-ring (bicyclic) bond motifs is 1. The molecule has 0 spiro atoms. The summed E-state index contributed by atoms with van der Waals surface area (Å²) in [4.78, 5) is 4.61. The average Bonchev–Trinajstić information content (AvgIpc) is 3.36. The molecule has 1 heterocycles. The van der Waals surface area contributed by atoms with Crippen LogP contribution < -0.4 is 4.72 Å². The van der Waals surface area contributed by atoms with E-state index in [1.165, 1.54) is 0 Å². The standard InChI is InChI=1S/C15H19N3O2S/c19-21(20,10-11-5-6-11)16-9-15-17-13-3-1-2-4-14(13)18(15)12-7-8-12/h1-4,11-12,16H,5-10H2. The van der Waals surface area contributed by atoms with E-state index in [0.717, 1.165) is 42.5 Å². The van der Waals surface area contributed by atoms with E-state index >= 15 is 0 Å². The Morgan fingerprint density at radius 3 is 2.67 bits per heavy atom. The minimum absolute atomic E-state index is 0.261. The number of sulfonamides is 1. The lowest BCUT2D eigenvalue weighted by atomic mass is 10.3. The summed E-state index contributed by atoms with van der Waals surface area (Å²) < 4.78 is 29.0. The van der Waals surface area contributed by atoms with Crippen molar-refractivity contribution in [3.8, 4) is 0 Å². The minimum atomic E-state index is -3.18. The number of aromatic nitrogens is 2. The number of hydrogen-bond donors (Lipinski definition) is 1. The first kappa shape index (κ1) is 13.3. The highest BCUT2D eigenvalue weighted by Crippen LogP contribution is 2.38. The highest BCUT2D eigenvalue weighted by atomic mass is 32.2. The Kier molecular flexibility index (Phi) is 3.04. The molecule has 2 aliphatic rings. The van der Waals surface area contributed by atoms with E-state index in [9.17, 15) is 8.42 Å². The highest BCUT2D eigenvalue weighted by Gasteiger charge is 2.30. The first-order valence-corrected chi connectivity index (χ1v) is 9.21. The maximum atomic E-state index is 12.0. The van der Waals surface area contributed by atoms with Crippen LogP contribution >= 0.6 is 0 Å². The van der Waals surface area contributed by atoms with Crippen molar-refractivity contribution >= 4 is 21.1 Å². The Labute approximate surface area is 124 Å². The molecule has 0 radical (unpaired) electrons. The van der Waals surface area contributed by atoms with Crippen LogP contribution in [0.25, 0.3) is 11.0 Å². The van der Waals surface area contributed by atoms with E-state index in [1.54, 1.807) is 0 Å². The molecule has 0 saturated heterocycles. The lowest BCUT2D eigenvalue weighted by Gasteiger charge is -2.09. The summed E-state index contributed by atoms with van der Waals surface area (Å²) in [6.07, 6.45) is 4.40. The number of nitrogens with one attached hydrogen (secondary N) is 1. The van der Waals surface area contributed by atoms with Crippen molar-refractivity contribution < 1.29 is 8.42 Å². The summed E-state index contributed by atoms with van der Waals surface area (Å²) in [6, 6.07) is 8.50. The minimum Gasteiger partial charge on any atom is -0.324 e. The molecular weight excluding hydrogens is 286 g/mol. The van der Waals surface area contributed by atoms with Gasteiger partial charge in [-0.2, -0.15) is 0 Å². The zero-order valence-corrected chi connectivity index (χ0v) is 12.6. The third-order valence-electron chi connectivity index (χ3n) is 4.18. The van der Waals surface area contributed by atoms with Gasteiger partial charge < -0.3 is 4.57 Å². The highest BCUT2D eigenvalue weighted by molar-refractivity contribution is 7.89. The van der Waals surface area contributed by atoms with Crippen molar-refractivity contribution in [2.24, 2.45) is 5.92 Å². The van der Waals surface area contributed by atoms with Crippen LogP contribution in [0.5, 0.6) is 0 Å². The Morgan fingerprint density at radius 2 is 1.95 bits per heavy atom. The molecule has 1 aromatic heterocycles. The van der Waals surface area contributed by atoms with Crippen LogP contribution in [-0.4, -0.2) is 23.7 Å². The molecule has 0 bridgehead atoms. The summed E-state index contributed by atoms with van der Waals surface area (Å²) in [5.74, 6) is 1.46. The Balaban J connectivity index is 1.59. The summed E-state index contributed by atoms with van der Waals surface area (Å²) in [5, 5.41) is 0. The van der Waals surface area contributed by atoms with Gasteiger partial charge in [0, 0.05) is 6.04 Å². The molecule has 0 aliphatic heterocycles. The molecule has 112 valence electrons. The lowest BCUT2D eigenvalue weighted by Crippen LogP contribution is -2.28. The van der Waals surface area contributed by atoms with Gasteiger partial charge in [0.25, 0.3) is 0 Å². The molecule has 5 nitrogen and oxygen atoms in total. The maximum absolute atomic E-state index is 12.0. The molecule has 1 N–H and O–H groups in total. The van der Waals surface area contributed by atoms with Gasteiger partial charge in [0.15, 0.2) is 0 Å². The second-order valence-corrected chi connectivity index (χ2v) is 8.02. The van der Waals surface area contributed by atoms with Crippen molar-refractivity contribution in [3.05, 3.63) is 30.1 Å². The predicted octanol–water partition coefficient (Wildman–Crippen LogP) is 2.20. The molecule has 0 atom stereocenters. The quantitative estimate of drug-likeness (QED) is 0.890. The van der Waals surface area contributed by atoms with Crippen molar-refractivity contribution in [1.29, 1.82) is 0 Å². The number of rotatable bonds is 6. The summed E-state index contributed by atoms with van der Waals surface area (Å²) in [7, 11) is -3.18. The largest absolute Gasteiger partial charge is 0.324 e. The van der Waals surface area contributed by atoms with Crippen LogP contribution in [0.1, 0.15) is 37.5 Å². The van der Waals surface area contributed by atoms with Crippen molar-refractivity contribution in [1.82, 2.24) is 14.3 Å². The summed E-state index contributed by atoms with van der Waals surface area (Å²) >= 11 is 0. The molecular formula is C15H19N3O2S. The Hall–Kier alpha value is -1.40. The van der Waals surface area contributed by atoms with E-state index in [4.69, 9.17) is 0 Å². The third kappa shape index (κ3) is 2.82. The van der Waals surface area contributed by atoms with Gasteiger partial charge in [-0.3, -0.25) is 0 Å². The first-order valence-electron chi connectivity index (χ1n) is 7.55. The van der Waals surface area contributed by atoms with Crippen molar-refractivity contribution in [3.63, 3.8) is 0 Å². The topological polar surface area (TPSA) is 64.0 Å². The molecule has 6 heteroatoms. The van der Waals surface area contributed by atoms with Gasteiger partial charge in [0.05, 0.1) is 23.3 Å². The van der Waals surface area contributed by atoms with Crippen LogP contribution in [0.4, 0.5) is 0 Å². The van der Waals surface area contributed by atoms with E-state index in [2.05, 4.69) is 20.3 Å². The monoisotopic (exact) mass is 305 g/mol. The Morgan fingerprint density at radius 1 is 1.19 bits per heavy atom. The second kappa shape index (κ2) is 4.81. The molecule has 0 unspecified atom stereocenters. The number of imidazole rings is 1. The number of para-hydroxylation sites is 2. The average molecular weight is 305 g/mol. The molecule has 2 aliphatic carbocycles. The lowest BCUT2D eigenvalue weighted by molar-refractivity contribution is 0.571. The van der Waals surface area contributed by atoms with Crippen molar-refractivity contribution in [2.75, 3.05) is 5.75 Å². The summed E-state index contributed by atoms with van der Waals surface area (Å²) in [6.45, 7) is 0.292. The fourth-order valence-corrected chi connectivity index (χ4v) is 4.21. The van der Waals surface area contributed by atoms with Gasteiger partial charge in [0.2, 0.25) is 10.0 Å². The van der Waals surface area contributed by atoms with Gasteiger partial charge in [-0.05, 0) is 43.7 Å². The Bertz CT molecular complexity index is 773. The smallest absolute Gasteiger partial charge is 0.212 e. The van der Waals surface area contributed by atoms with Crippen LogP contribution in [0.3, 0.4) is 0 Å². The molecule has 1 aromatic carbocycles. The molecule has 0 amide bonds. The first-order chi connectivity index (χ1) is 10.1. The molecule has 4 rings (SSSR count). The molecule has 2 aromatic rings. The third-order valence-corrected chi connectivity index (χ3v) is 5.68. The predicted molar refractivity (Wildman–Crippen MR) is 81.4 cm³/mol. The van der Waals surface area contributed by atoms with E-state index < -0.39 is 10.0 Å². The number of benzene rings is 1. The van der Waals surface area contributed by atoms with E-state index in [0.29, 0.717) is 18.5 Å². The molecule has 21 heavy (non-hydrogen) atoms. The number of nitrogens with zero attached hydrogens (tertiary/aromatic N) is 2. The van der Waals surface area contributed by atoms with Crippen molar-refractivity contribution in [2.45, 2.75) is 38.3 Å². The molecule has 2 saturated carbocycles. The van der Waals surface area contributed by atoms with Gasteiger partial charge in [-0.1, -0.05) is 12.1 Å². The van der Waals surface area contributed by atoms with E-state index in [-0.39, 0.29) is 5.75 Å².